The summed E-state index contributed by atoms with van der Waals surface area (Å²) in [4.78, 5) is 39.4. The Morgan fingerprint density at radius 3 is 2.70 bits per heavy atom. The molecule has 1 N–H and O–H groups in total. The lowest BCUT2D eigenvalue weighted by Crippen LogP contribution is -2.30. The molecule has 1 atom stereocenters. The SMILES string of the molecule is COCCNc1ncc2cc(-c3cc(OC)cc(OC)c3Cl)c(=O)n(CCOC3CCN(C(=O)C=CCN(C)C)C3)c2n1. The number of rotatable bonds is 14. The van der Waals surface area contributed by atoms with Crippen LogP contribution in [0.5, 0.6) is 11.5 Å². The molecule has 0 saturated carbocycles. The Balaban J connectivity index is 1.61. The number of carbonyl (C=O) groups excluding carboxylic acids is 1. The highest BCUT2D eigenvalue weighted by atomic mass is 35.5. The van der Waals surface area contributed by atoms with Crippen LogP contribution >= 0.6 is 11.6 Å². The van der Waals surface area contributed by atoms with Crippen molar-refractivity contribution >= 4 is 34.5 Å². The quantitative estimate of drug-likeness (QED) is 0.214. The van der Waals surface area contributed by atoms with E-state index >= 15 is 0 Å². The van der Waals surface area contributed by atoms with Crippen LogP contribution in [0.3, 0.4) is 0 Å². The normalized spacial score (nSPS) is 15.1. The summed E-state index contributed by atoms with van der Waals surface area (Å²) < 4.78 is 23.7. The number of fused-ring (bicyclic) bond motifs is 1. The van der Waals surface area contributed by atoms with Gasteiger partial charge in [0.05, 0.1) is 45.1 Å². The second kappa shape index (κ2) is 15.1. The van der Waals surface area contributed by atoms with Crippen LogP contribution in [0.15, 0.2) is 41.3 Å². The van der Waals surface area contributed by atoms with Crippen molar-refractivity contribution in [2.24, 2.45) is 0 Å². The Kier molecular flexibility index (Phi) is 11.3. The Hall–Kier alpha value is -3.71. The van der Waals surface area contributed by atoms with Crippen LogP contribution in [0.2, 0.25) is 5.02 Å². The summed E-state index contributed by atoms with van der Waals surface area (Å²) in [6.07, 6.45) is 5.71. The summed E-state index contributed by atoms with van der Waals surface area (Å²) in [6, 6.07) is 5.08. The third kappa shape index (κ3) is 8.02. The average molecular weight is 615 g/mol. The number of methoxy groups -OCH3 is 3. The monoisotopic (exact) mass is 614 g/mol. The van der Waals surface area contributed by atoms with Crippen molar-refractivity contribution in [3.05, 3.63) is 51.9 Å². The highest BCUT2D eigenvalue weighted by molar-refractivity contribution is 6.35. The molecule has 232 valence electrons. The Morgan fingerprint density at radius 2 is 1.98 bits per heavy atom. The lowest BCUT2D eigenvalue weighted by molar-refractivity contribution is -0.125. The van der Waals surface area contributed by atoms with Crippen LogP contribution in [-0.4, -0.2) is 111 Å². The molecule has 1 aromatic carbocycles. The van der Waals surface area contributed by atoms with E-state index in [0.717, 1.165) is 6.42 Å². The summed E-state index contributed by atoms with van der Waals surface area (Å²) in [5.41, 5.74) is 0.964. The molecule has 0 spiro atoms. The van der Waals surface area contributed by atoms with Gasteiger partial charge in [0.2, 0.25) is 11.9 Å². The predicted octanol–water partition coefficient (Wildman–Crippen LogP) is 2.92. The number of nitrogens with one attached hydrogen (secondary N) is 1. The number of anilines is 1. The molecule has 0 radical (unpaired) electrons. The van der Waals surface area contributed by atoms with Gasteiger partial charge in [-0.05, 0) is 32.6 Å². The van der Waals surface area contributed by atoms with Crippen molar-refractivity contribution in [3.8, 4) is 22.6 Å². The highest BCUT2D eigenvalue weighted by Crippen LogP contribution is 2.38. The molecule has 0 bridgehead atoms. The van der Waals surface area contributed by atoms with E-state index in [9.17, 15) is 9.59 Å². The molecule has 13 heteroatoms. The zero-order valence-corrected chi connectivity index (χ0v) is 26.0. The fourth-order valence-corrected chi connectivity index (χ4v) is 5.08. The molecule has 12 nitrogen and oxygen atoms in total. The first-order valence-electron chi connectivity index (χ1n) is 14.0. The van der Waals surface area contributed by atoms with Gasteiger partial charge in [-0.25, -0.2) is 4.98 Å². The minimum atomic E-state index is -0.302. The van der Waals surface area contributed by atoms with E-state index in [4.69, 9.17) is 30.5 Å². The smallest absolute Gasteiger partial charge is 0.260 e. The van der Waals surface area contributed by atoms with Crippen molar-refractivity contribution in [1.82, 2.24) is 24.3 Å². The van der Waals surface area contributed by atoms with E-state index in [0.29, 0.717) is 72.4 Å². The number of hydrogen-bond acceptors (Lipinski definition) is 10. The van der Waals surface area contributed by atoms with E-state index in [1.165, 1.54) is 14.2 Å². The van der Waals surface area contributed by atoms with Crippen LogP contribution in [0.25, 0.3) is 22.2 Å². The topological polar surface area (TPSA) is 120 Å². The minimum Gasteiger partial charge on any atom is -0.497 e. The number of benzene rings is 1. The van der Waals surface area contributed by atoms with E-state index in [1.807, 2.05) is 25.1 Å². The molecule has 0 aliphatic carbocycles. The van der Waals surface area contributed by atoms with Crippen molar-refractivity contribution in [3.63, 3.8) is 0 Å². The highest BCUT2D eigenvalue weighted by Gasteiger charge is 2.26. The number of pyridine rings is 1. The lowest BCUT2D eigenvalue weighted by Gasteiger charge is -2.17. The molecular weight excluding hydrogens is 576 g/mol. The number of halogens is 1. The minimum absolute atomic E-state index is 0.0290. The summed E-state index contributed by atoms with van der Waals surface area (Å²) in [5, 5.41) is 4.05. The molecule has 43 heavy (non-hydrogen) atoms. The van der Waals surface area contributed by atoms with Crippen LogP contribution < -0.4 is 20.3 Å². The van der Waals surface area contributed by atoms with Crippen LogP contribution in [0.1, 0.15) is 6.42 Å². The van der Waals surface area contributed by atoms with Crippen molar-refractivity contribution in [2.45, 2.75) is 19.1 Å². The maximum absolute atomic E-state index is 14.0. The van der Waals surface area contributed by atoms with E-state index in [1.54, 1.807) is 47.0 Å². The van der Waals surface area contributed by atoms with Gasteiger partial charge in [-0.15, -0.1) is 0 Å². The fourth-order valence-electron chi connectivity index (χ4n) is 4.79. The number of nitrogens with zero attached hydrogens (tertiary/aromatic N) is 5. The number of amides is 1. The second-order valence-corrected chi connectivity index (χ2v) is 10.7. The van der Waals surface area contributed by atoms with Crippen LogP contribution in [-0.2, 0) is 20.8 Å². The van der Waals surface area contributed by atoms with E-state index < -0.39 is 0 Å². The number of likely N-dealkylation sites (tertiary alicyclic amines) is 1. The molecule has 1 aliphatic heterocycles. The molecule has 1 amide bonds. The zero-order chi connectivity index (χ0) is 30.9. The standard InChI is InChI=1S/C30H39ClN6O6/c1-35(2)10-6-7-26(38)36-11-8-21(19-36)43-14-12-37-28-20(18-33-30(34-28)32-9-13-40-3)15-24(29(37)39)23-16-22(41-4)17-25(42-5)27(23)31/h6-7,15-18,21H,8-14,19H2,1-5H3,(H,32,33,34). The fraction of sp³-hybridized carbons (Fsp3) is 0.467. The Labute approximate surface area is 256 Å². The third-order valence-electron chi connectivity index (χ3n) is 7.03. The lowest BCUT2D eigenvalue weighted by atomic mass is 10.0. The van der Waals surface area contributed by atoms with E-state index in [2.05, 4.69) is 15.3 Å². The molecule has 3 aromatic rings. The second-order valence-electron chi connectivity index (χ2n) is 10.3. The van der Waals surface area contributed by atoms with Crippen molar-refractivity contribution < 1.29 is 23.7 Å². The predicted molar refractivity (Wildman–Crippen MR) is 166 cm³/mol. The number of ether oxygens (including phenoxy) is 4. The van der Waals surface area contributed by atoms with Crippen LogP contribution in [0, 0.1) is 0 Å². The first-order valence-corrected chi connectivity index (χ1v) is 14.4. The largest absolute Gasteiger partial charge is 0.497 e. The summed E-state index contributed by atoms with van der Waals surface area (Å²) in [6.45, 7) is 3.26. The zero-order valence-electron chi connectivity index (χ0n) is 25.3. The summed E-state index contributed by atoms with van der Waals surface area (Å²) in [5.74, 6) is 1.23. The summed E-state index contributed by atoms with van der Waals surface area (Å²) in [7, 11) is 8.55. The average Bonchev–Trinajstić information content (AvgIpc) is 3.47. The number of likely N-dealkylation sites (N-methyl/N-ethyl adjacent to an activating group) is 1. The Morgan fingerprint density at radius 1 is 1.16 bits per heavy atom. The molecule has 3 heterocycles. The first-order chi connectivity index (χ1) is 20.7. The molecular formula is C30H39ClN6O6. The molecule has 1 saturated heterocycles. The maximum atomic E-state index is 14.0. The third-order valence-corrected chi connectivity index (χ3v) is 7.42. The molecule has 1 aliphatic rings. The van der Waals surface area contributed by atoms with Gasteiger partial charge in [0.15, 0.2) is 0 Å². The van der Waals surface area contributed by atoms with Crippen LogP contribution in [0.4, 0.5) is 5.95 Å². The number of aromatic nitrogens is 3. The van der Waals surface area contributed by atoms with Crippen molar-refractivity contribution in [1.29, 1.82) is 0 Å². The Bertz CT molecular complexity index is 1510. The van der Waals surface area contributed by atoms with Gasteiger partial charge in [-0.3, -0.25) is 14.2 Å². The van der Waals surface area contributed by atoms with Gasteiger partial charge in [-0.2, -0.15) is 4.98 Å². The first kappa shape index (κ1) is 32.2. The van der Waals surface area contributed by atoms with Gasteiger partial charge >= 0.3 is 0 Å². The van der Waals surface area contributed by atoms with Crippen molar-refractivity contribution in [2.75, 3.05) is 80.1 Å². The van der Waals surface area contributed by atoms with E-state index in [-0.39, 0.29) is 35.7 Å². The molecule has 2 aromatic heterocycles. The maximum Gasteiger partial charge on any atom is 0.260 e. The number of hydrogen-bond donors (Lipinski definition) is 1. The molecule has 1 fully saturated rings. The molecule has 4 rings (SSSR count). The summed E-state index contributed by atoms with van der Waals surface area (Å²) >= 11 is 6.67. The van der Waals surface area contributed by atoms with Gasteiger partial charge < -0.3 is 34.1 Å². The van der Waals surface area contributed by atoms with Gasteiger partial charge in [0.25, 0.3) is 5.56 Å². The molecule has 1 unspecified atom stereocenters. The van der Waals surface area contributed by atoms with Gasteiger partial charge in [-0.1, -0.05) is 17.7 Å². The number of carbonyl (C=O) groups is 1. The van der Waals surface area contributed by atoms with Gasteiger partial charge in [0.1, 0.15) is 17.1 Å². The van der Waals surface area contributed by atoms with Gasteiger partial charge in [0, 0.05) is 68.1 Å².